The highest BCUT2D eigenvalue weighted by Crippen LogP contribution is 2.28. The Morgan fingerprint density at radius 1 is 1.50 bits per heavy atom. The lowest BCUT2D eigenvalue weighted by atomic mass is 10.3. The molecular formula is C9H10ClNO2S. The Morgan fingerprint density at radius 3 is 2.57 bits per heavy atom. The smallest absolute Gasteiger partial charge is 0.234 e. The second-order valence-corrected chi connectivity index (χ2v) is 4.60. The second-order valence-electron chi connectivity index (χ2n) is 2.91. The number of thiophene rings is 1. The predicted molar refractivity (Wildman–Crippen MR) is 58.0 cm³/mol. The van der Waals surface area contributed by atoms with Crippen molar-refractivity contribution in [3.63, 3.8) is 0 Å². The minimum Gasteiger partial charge on any atom is -0.307 e. The molecule has 0 saturated heterocycles. The molecule has 14 heavy (non-hydrogen) atoms. The molecule has 3 nitrogen and oxygen atoms in total. The maximum absolute atomic E-state index is 11.4. The molecule has 0 aliphatic rings. The summed E-state index contributed by atoms with van der Waals surface area (Å²) < 4.78 is 0.627. The van der Waals surface area contributed by atoms with Crippen molar-refractivity contribution in [1.29, 1.82) is 0 Å². The highest BCUT2D eigenvalue weighted by Gasteiger charge is 2.14. The largest absolute Gasteiger partial charge is 0.307 e. The lowest BCUT2D eigenvalue weighted by Crippen LogP contribution is -2.26. The number of ketones is 1. The molecule has 0 saturated carbocycles. The number of anilines is 1. The van der Waals surface area contributed by atoms with E-state index >= 15 is 0 Å². The number of nitrogens with zero attached hydrogens (tertiary/aromatic N) is 1. The number of hydrogen-bond acceptors (Lipinski definition) is 3. The van der Waals surface area contributed by atoms with E-state index in [-0.39, 0.29) is 18.1 Å². The van der Waals surface area contributed by atoms with E-state index in [4.69, 9.17) is 11.6 Å². The molecule has 0 radical (unpaired) electrons. The van der Waals surface area contributed by atoms with E-state index < -0.39 is 0 Å². The van der Waals surface area contributed by atoms with Crippen LogP contribution in [0.3, 0.4) is 0 Å². The summed E-state index contributed by atoms with van der Waals surface area (Å²) in [6.07, 6.45) is -0.0635. The molecule has 0 unspecified atom stereocenters. The topological polar surface area (TPSA) is 37.4 Å². The number of amides is 1. The second kappa shape index (κ2) is 4.57. The van der Waals surface area contributed by atoms with Crippen LogP contribution in [-0.4, -0.2) is 18.7 Å². The van der Waals surface area contributed by atoms with E-state index in [1.165, 1.54) is 23.2 Å². The normalized spacial score (nSPS) is 9.93. The Kier molecular flexibility index (Phi) is 3.66. The number of carbonyl (C=O) groups excluding carboxylic acids is 2. The average molecular weight is 232 g/mol. The van der Waals surface area contributed by atoms with Crippen LogP contribution in [0.4, 0.5) is 5.00 Å². The lowest BCUT2D eigenvalue weighted by molar-refractivity contribution is -0.125. The first-order valence-electron chi connectivity index (χ1n) is 4.02. The molecule has 0 aromatic carbocycles. The molecule has 1 aromatic heterocycles. The first-order chi connectivity index (χ1) is 6.50. The molecule has 0 atom stereocenters. The van der Waals surface area contributed by atoms with E-state index in [0.717, 1.165) is 5.00 Å². The molecule has 1 rings (SSSR count). The van der Waals surface area contributed by atoms with Gasteiger partial charge in [-0.1, -0.05) is 11.6 Å². The van der Waals surface area contributed by atoms with Crippen LogP contribution in [0.5, 0.6) is 0 Å². The minimum absolute atomic E-state index is 0.0635. The number of rotatable bonds is 3. The van der Waals surface area contributed by atoms with Crippen molar-refractivity contribution in [3.05, 3.63) is 16.5 Å². The summed E-state index contributed by atoms with van der Waals surface area (Å²) in [7, 11) is 1.63. The first-order valence-corrected chi connectivity index (χ1v) is 5.21. The van der Waals surface area contributed by atoms with Crippen molar-refractivity contribution in [2.24, 2.45) is 0 Å². The summed E-state index contributed by atoms with van der Waals surface area (Å²) in [5, 5.41) is 0.751. The Bertz CT molecular complexity index is 361. The number of halogens is 1. The molecular weight excluding hydrogens is 222 g/mol. The summed E-state index contributed by atoms with van der Waals surface area (Å²) in [6, 6.07) is 3.48. The molecule has 5 heteroatoms. The van der Waals surface area contributed by atoms with Crippen LogP contribution in [0.2, 0.25) is 4.34 Å². The van der Waals surface area contributed by atoms with Crippen LogP contribution in [0.1, 0.15) is 13.3 Å². The third kappa shape index (κ3) is 2.82. The quantitative estimate of drug-likeness (QED) is 0.749. The Morgan fingerprint density at radius 2 is 2.14 bits per heavy atom. The van der Waals surface area contributed by atoms with E-state index in [1.54, 1.807) is 19.2 Å². The monoisotopic (exact) mass is 231 g/mol. The van der Waals surface area contributed by atoms with Gasteiger partial charge in [0, 0.05) is 7.05 Å². The highest BCUT2D eigenvalue weighted by atomic mass is 35.5. The van der Waals surface area contributed by atoms with Gasteiger partial charge in [0.1, 0.15) is 5.78 Å². The first kappa shape index (κ1) is 11.2. The molecule has 0 fully saturated rings. The van der Waals surface area contributed by atoms with Crippen LogP contribution in [-0.2, 0) is 9.59 Å². The van der Waals surface area contributed by atoms with Gasteiger partial charge in [0.25, 0.3) is 0 Å². The summed E-state index contributed by atoms with van der Waals surface area (Å²) >= 11 is 7.04. The highest BCUT2D eigenvalue weighted by molar-refractivity contribution is 7.20. The molecule has 1 heterocycles. The standard InChI is InChI=1S/C9H10ClNO2S/c1-6(12)5-8(13)11(2)9-4-3-7(10)14-9/h3-4H,5H2,1-2H3. The van der Waals surface area contributed by atoms with Gasteiger partial charge in [0.15, 0.2) is 0 Å². The molecule has 1 amide bonds. The summed E-state index contributed by atoms with van der Waals surface area (Å²) in [6.45, 7) is 1.40. The minimum atomic E-state index is -0.212. The zero-order valence-corrected chi connectivity index (χ0v) is 9.48. The van der Waals surface area contributed by atoms with E-state index in [9.17, 15) is 9.59 Å². The Hall–Kier alpha value is -0.870. The van der Waals surface area contributed by atoms with Gasteiger partial charge in [-0.05, 0) is 19.1 Å². The number of carbonyl (C=O) groups is 2. The molecule has 1 aromatic rings. The van der Waals surface area contributed by atoms with Gasteiger partial charge in [0.05, 0.1) is 15.8 Å². The molecule has 0 spiro atoms. The van der Waals surface area contributed by atoms with Crippen LogP contribution in [0, 0.1) is 0 Å². The zero-order valence-electron chi connectivity index (χ0n) is 7.91. The van der Waals surface area contributed by atoms with Crippen LogP contribution in [0.15, 0.2) is 12.1 Å². The molecule has 0 bridgehead atoms. The van der Waals surface area contributed by atoms with E-state index in [0.29, 0.717) is 4.34 Å². The van der Waals surface area contributed by atoms with Gasteiger partial charge >= 0.3 is 0 Å². The third-order valence-electron chi connectivity index (χ3n) is 1.66. The summed E-state index contributed by atoms with van der Waals surface area (Å²) in [5.74, 6) is -0.347. The zero-order chi connectivity index (χ0) is 10.7. The van der Waals surface area contributed by atoms with Crippen LogP contribution < -0.4 is 4.90 Å². The van der Waals surface area contributed by atoms with E-state index in [2.05, 4.69) is 0 Å². The summed E-state index contributed by atoms with van der Waals surface area (Å²) in [5.41, 5.74) is 0. The van der Waals surface area contributed by atoms with Crippen molar-refractivity contribution in [2.75, 3.05) is 11.9 Å². The Labute approximate surface area is 91.3 Å². The molecule has 0 N–H and O–H groups in total. The van der Waals surface area contributed by atoms with Gasteiger partial charge in [-0.2, -0.15) is 0 Å². The number of hydrogen-bond donors (Lipinski definition) is 0. The Balaban J connectivity index is 2.70. The van der Waals surface area contributed by atoms with Crippen molar-refractivity contribution >= 4 is 39.6 Å². The molecule has 0 aliphatic heterocycles. The van der Waals surface area contributed by atoms with Crippen LogP contribution >= 0.6 is 22.9 Å². The van der Waals surface area contributed by atoms with Gasteiger partial charge < -0.3 is 4.90 Å². The predicted octanol–water partition coefficient (Wildman–Crippen LogP) is 2.34. The molecule has 0 aliphatic carbocycles. The van der Waals surface area contributed by atoms with Crippen LogP contribution in [0.25, 0.3) is 0 Å². The maximum atomic E-state index is 11.4. The summed E-state index contributed by atoms with van der Waals surface area (Å²) in [4.78, 5) is 23.6. The van der Waals surface area contributed by atoms with Crippen molar-refractivity contribution in [2.45, 2.75) is 13.3 Å². The van der Waals surface area contributed by atoms with Crippen molar-refractivity contribution in [3.8, 4) is 0 Å². The SMILES string of the molecule is CC(=O)CC(=O)N(C)c1ccc(Cl)s1. The van der Waals surface area contributed by atoms with Gasteiger partial charge in [0.2, 0.25) is 5.91 Å². The lowest BCUT2D eigenvalue weighted by Gasteiger charge is -2.13. The number of Topliss-reactive ketones (excluding diaryl/α,β-unsaturated/α-hetero) is 1. The third-order valence-corrected chi connectivity index (χ3v) is 2.97. The maximum Gasteiger partial charge on any atom is 0.234 e. The van der Waals surface area contributed by atoms with Gasteiger partial charge in [-0.25, -0.2) is 0 Å². The fraction of sp³-hybridized carbons (Fsp3) is 0.333. The molecule has 76 valence electrons. The van der Waals surface area contributed by atoms with Gasteiger partial charge in [-0.15, -0.1) is 11.3 Å². The fourth-order valence-electron chi connectivity index (χ4n) is 0.939. The van der Waals surface area contributed by atoms with E-state index in [1.807, 2.05) is 0 Å². The average Bonchev–Trinajstić information content (AvgIpc) is 2.49. The van der Waals surface area contributed by atoms with Gasteiger partial charge in [-0.3, -0.25) is 9.59 Å². The van der Waals surface area contributed by atoms with Crippen molar-refractivity contribution < 1.29 is 9.59 Å². The fourth-order valence-corrected chi connectivity index (χ4v) is 1.95. The van der Waals surface area contributed by atoms with Crippen molar-refractivity contribution in [1.82, 2.24) is 0 Å².